The fraction of sp³-hybridized carbons (Fsp3) is 0.429. The van der Waals surface area contributed by atoms with E-state index in [0.29, 0.717) is 32.5 Å². The van der Waals surface area contributed by atoms with Crippen molar-refractivity contribution in [1.82, 2.24) is 9.91 Å². The number of piperidine rings is 1. The first-order valence-electron chi connectivity index (χ1n) is 9.90. The first kappa shape index (κ1) is 18.9. The minimum atomic E-state index is -0.534. The van der Waals surface area contributed by atoms with Crippen LogP contribution >= 0.6 is 27.3 Å². The summed E-state index contributed by atoms with van der Waals surface area (Å²) in [5.74, 6) is 0.918. The molecule has 29 heavy (non-hydrogen) atoms. The molecule has 1 spiro atoms. The molecule has 1 atom stereocenters. The number of thiophene rings is 1. The van der Waals surface area contributed by atoms with E-state index in [0.717, 1.165) is 27.9 Å². The van der Waals surface area contributed by atoms with Crippen molar-refractivity contribution in [3.63, 3.8) is 0 Å². The number of hydrazone groups is 1. The highest BCUT2D eigenvalue weighted by molar-refractivity contribution is 9.10. The average Bonchev–Trinajstić information content (AvgIpc) is 3.40. The molecule has 0 saturated carbocycles. The second-order valence-corrected chi connectivity index (χ2v) is 9.37. The Morgan fingerprint density at radius 2 is 2.21 bits per heavy atom. The second kappa shape index (κ2) is 7.32. The lowest BCUT2D eigenvalue weighted by Crippen LogP contribution is -2.59. The largest absolute Gasteiger partial charge is 0.466 e. The molecule has 0 radical (unpaired) electrons. The van der Waals surface area contributed by atoms with Crippen molar-refractivity contribution in [2.75, 3.05) is 19.7 Å². The number of likely N-dealkylation sites (tertiary alicyclic amines) is 1. The number of ether oxygens (including phenoxy) is 2. The molecular formula is C21H22BrN3O3S. The van der Waals surface area contributed by atoms with E-state index in [4.69, 9.17) is 14.6 Å². The third-order valence-corrected chi connectivity index (χ3v) is 7.25. The summed E-state index contributed by atoms with van der Waals surface area (Å²) in [5.41, 5.74) is 1.73. The van der Waals surface area contributed by atoms with Crippen molar-refractivity contribution in [2.24, 2.45) is 5.10 Å². The van der Waals surface area contributed by atoms with E-state index in [2.05, 4.69) is 44.5 Å². The smallest absolute Gasteiger partial charge is 0.409 e. The Morgan fingerprint density at radius 3 is 2.93 bits per heavy atom. The van der Waals surface area contributed by atoms with Crippen LogP contribution in [0, 0.1) is 0 Å². The molecule has 6 nitrogen and oxygen atoms in total. The van der Waals surface area contributed by atoms with Crippen LogP contribution in [0.4, 0.5) is 4.79 Å². The maximum atomic E-state index is 12.2. The molecule has 1 aromatic carbocycles. The molecule has 4 heterocycles. The Kier molecular flexibility index (Phi) is 4.78. The monoisotopic (exact) mass is 475 g/mol. The molecular weight excluding hydrogens is 454 g/mol. The van der Waals surface area contributed by atoms with Gasteiger partial charge in [0.25, 0.3) is 0 Å². The molecule has 2 aromatic rings. The van der Waals surface area contributed by atoms with Crippen LogP contribution in [0.15, 0.2) is 45.3 Å². The summed E-state index contributed by atoms with van der Waals surface area (Å²) in [6.07, 6.45) is 2.00. The molecule has 0 unspecified atom stereocenters. The number of carbonyl (C=O) groups is 1. The number of carbonyl (C=O) groups excluding carboxylic acids is 1. The molecule has 0 N–H and O–H groups in total. The van der Waals surface area contributed by atoms with Crippen LogP contribution < -0.4 is 4.74 Å². The Morgan fingerprint density at radius 1 is 1.38 bits per heavy atom. The first-order valence-corrected chi connectivity index (χ1v) is 11.6. The predicted octanol–water partition coefficient (Wildman–Crippen LogP) is 5.00. The van der Waals surface area contributed by atoms with E-state index in [-0.39, 0.29) is 12.1 Å². The van der Waals surface area contributed by atoms with Gasteiger partial charge in [-0.25, -0.2) is 9.80 Å². The third-order valence-electron chi connectivity index (χ3n) is 5.83. The van der Waals surface area contributed by atoms with E-state index < -0.39 is 5.72 Å². The zero-order valence-corrected chi connectivity index (χ0v) is 18.5. The molecule has 1 aromatic heterocycles. The number of amides is 1. The lowest BCUT2D eigenvalue weighted by molar-refractivity contribution is -0.147. The summed E-state index contributed by atoms with van der Waals surface area (Å²) in [6, 6.07) is 10.5. The maximum Gasteiger partial charge on any atom is 0.409 e. The molecule has 3 aliphatic rings. The molecule has 152 valence electrons. The van der Waals surface area contributed by atoms with Crippen molar-refractivity contribution in [3.05, 3.63) is 50.6 Å². The number of nitrogens with zero attached hydrogens (tertiary/aromatic N) is 3. The Bertz CT molecular complexity index is 954. The zero-order chi connectivity index (χ0) is 20.0. The van der Waals surface area contributed by atoms with Crippen LogP contribution in [-0.4, -0.2) is 47.1 Å². The van der Waals surface area contributed by atoms with Gasteiger partial charge in [-0.2, -0.15) is 5.10 Å². The topological polar surface area (TPSA) is 54.4 Å². The van der Waals surface area contributed by atoms with Crippen LogP contribution in [0.5, 0.6) is 5.75 Å². The summed E-state index contributed by atoms with van der Waals surface area (Å²) >= 11 is 5.32. The Balaban J connectivity index is 1.49. The van der Waals surface area contributed by atoms with Crippen molar-refractivity contribution in [3.8, 4) is 5.75 Å². The SMILES string of the molecule is CCOC(=O)N1CCC2(CC1)Oc1ccc(Br)cc1[C@H]1CC(c3cccs3)=NN12. The lowest BCUT2D eigenvalue weighted by Gasteiger charge is -2.51. The summed E-state index contributed by atoms with van der Waals surface area (Å²) in [7, 11) is 0. The zero-order valence-electron chi connectivity index (χ0n) is 16.1. The normalized spacial score (nSPS) is 22.0. The fourth-order valence-corrected chi connectivity index (χ4v) is 5.53. The summed E-state index contributed by atoms with van der Waals surface area (Å²) in [6.45, 7) is 3.41. The minimum absolute atomic E-state index is 0.141. The number of benzene rings is 1. The average molecular weight is 476 g/mol. The standard InChI is InChI=1S/C21H22BrN3O3S/c1-2-27-20(26)24-9-7-21(8-10-24)25-17(13-16(23-25)19-4-3-11-29-19)15-12-14(22)5-6-18(15)28-21/h3-6,11-12,17H,2,7-10,13H2,1H3/t17-/m1/s1. The van der Waals surface area contributed by atoms with Crippen molar-refractivity contribution >= 4 is 39.1 Å². The van der Waals surface area contributed by atoms with Crippen LogP contribution in [0.1, 0.15) is 42.7 Å². The van der Waals surface area contributed by atoms with E-state index >= 15 is 0 Å². The molecule has 1 amide bonds. The van der Waals surface area contributed by atoms with Gasteiger partial charge in [0.15, 0.2) is 0 Å². The second-order valence-electron chi connectivity index (χ2n) is 7.50. The van der Waals surface area contributed by atoms with E-state index in [1.54, 1.807) is 16.2 Å². The minimum Gasteiger partial charge on any atom is -0.466 e. The molecule has 5 rings (SSSR count). The van der Waals surface area contributed by atoms with E-state index in [1.807, 2.05) is 19.1 Å². The number of rotatable bonds is 2. The van der Waals surface area contributed by atoms with Crippen LogP contribution in [0.2, 0.25) is 0 Å². The van der Waals surface area contributed by atoms with E-state index in [9.17, 15) is 4.79 Å². The Hall–Kier alpha value is -2.06. The van der Waals surface area contributed by atoms with Gasteiger partial charge in [0.05, 0.1) is 23.2 Å². The molecule has 1 fully saturated rings. The van der Waals surface area contributed by atoms with Gasteiger partial charge in [-0.15, -0.1) is 11.3 Å². The molecule has 3 aliphatic heterocycles. The first-order chi connectivity index (χ1) is 14.1. The predicted molar refractivity (Wildman–Crippen MR) is 115 cm³/mol. The lowest BCUT2D eigenvalue weighted by atomic mass is 9.91. The van der Waals surface area contributed by atoms with Gasteiger partial charge >= 0.3 is 6.09 Å². The third kappa shape index (κ3) is 3.22. The van der Waals surface area contributed by atoms with Crippen LogP contribution in [0.3, 0.4) is 0 Å². The molecule has 0 bridgehead atoms. The number of fused-ring (bicyclic) bond motifs is 4. The van der Waals surface area contributed by atoms with Gasteiger partial charge in [0.1, 0.15) is 5.75 Å². The number of halogens is 1. The number of hydrogen-bond acceptors (Lipinski definition) is 6. The molecule has 8 heteroatoms. The highest BCUT2D eigenvalue weighted by Crippen LogP contribution is 2.50. The van der Waals surface area contributed by atoms with Gasteiger partial charge in [-0.05, 0) is 36.6 Å². The van der Waals surface area contributed by atoms with Crippen LogP contribution in [-0.2, 0) is 4.74 Å². The highest BCUT2D eigenvalue weighted by atomic mass is 79.9. The van der Waals surface area contributed by atoms with Crippen LogP contribution in [0.25, 0.3) is 0 Å². The van der Waals surface area contributed by atoms with Gasteiger partial charge in [-0.3, -0.25) is 0 Å². The van der Waals surface area contributed by atoms with Crippen molar-refractivity contribution < 1.29 is 14.3 Å². The maximum absolute atomic E-state index is 12.2. The van der Waals surface area contributed by atoms with Gasteiger partial charge < -0.3 is 14.4 Å². The summed E-state index contributed by atoms with van der Waals surface area (Å²) < 4.78 is 12.8. The van der Waals surface area contributed by atoms with Crippen molar-refractivity contribution in [1.29, 1.82) is 0 Å². The van der Waals surface area contributed by atoms with Gasteiger partial charge in [-0.1, -0.05) is 22.0 Å². The molecule has 1 saturated heterocycles. The quantitative estimate of drug-likeness (QED) is 0.612. The fourth-order valence-electron chi connectivity index (χ4n) is 4.43. The summed E-state index contributed by atoms with van der Waals surface area (Å²) in [4.78, 5) is 15.1. The highest BCUT2D eigenvalue weighted by Gasteiger charge is 2.52. The van der Waals surface area contributed by atoms with Crippen molar-refractivity contribution in [2.45, 2.75) is 38.0 Å². The number of hydrogen-bond donors (Lipinski definition) is 0. The Labute approximate surface area is 182 Å². The summed E-state index contributed by atoms with van der Waals surface area (Å²) in [5, 5.41) is 9.30. The molecule has 0 aliphatic carbocycles. The van der Waals surface area contributed by atoms with Gasteiger partial charge in [0.2, 0.25) is 5.72 Å². The van der Waals surface area contributed by atoms with E-state index in [1.165, 1.54) is 4.88 Å². The van der Waals surface area contributed by atoms with Gasteiger partial charge in [0, 0.05) is 42.4 Å².